The molecule has 15 heavy (non-hydrogen) atoms. The number of hydrogen-bond donors (Lipinski definition) is 1. The molecule has 78 valence electrons. The molecule has 0 unspecified atom stereocenters. The minimum absolute atomic E-state index is 0.172. The second-order valence-electron chi connectivity index (χ2n) is 4.61. The summed E-state index contributed by atoms with van der Waals surface area (Å²) in [6.45, 7) is 0. The van der Waals surface area contributed by atoms with Crippen molar-refractivity contribution in [3.63, 3.8) is 0 Å². The van der Waals surface area contributed by atoms with E-state index < -0.39 is 7.12 Å². The summed E-state index contributed by atoms with van der Waals surface area (Å²) in [5.74, 6) is 0. The summed E-state index contributed by atoms with van der Waals surface area (Å²) in [5, 5.41) is 9.88. The standard InChI is InChI=1S/C12H15BO2/c14-13-11-7-3-2-6-10(11)12(15-13)8-4-1-5-9-12/h2-3,6-7,14H,1,4-5,8-9H2. The van der Waals surface area contributed by atoms with Gasteiger partial charge in [-0.15, -0.1) is 0 Å². The molecule has 1 spiro atoms. The Morgan fingerprint density at radius 2 is 1.87 bits per heavy atom. The monoisotopic (exact) mass is 202 g/mol. The third-order valence-corrected chi connectivity index (χ3v) is 3.72. The van der Waals surface area contributed by atoms with Gasteiger partial charge in [0.05, 0.1) is 5.60 Å². The van der Waals surface area contributed by atoms with Crippen LogP contribution < -0.4 is 5.46 Å². The van der Waals surface area contributed by atoms with E-state index >= 15 is 0 Å². The molecular weight excluding hydrogens is 187 g/mol. The predicted octanol–water partition coefficient (Wildman–Crippen LogP) is 1.56. The molecule has 0 radical (unpaired) electrons. The first kappa shape index (κ1) is 9.43. The summed E-state index contributed by atoms with van der Waals surface area (Å²) in [7, 11) is -0.709. The molecule has 1 aromatic carbocycles. The lowest BCUT2D eigenvalue weighted by molar-refractivity contribution is 0.0223. The summed E-state index contributed by atoms with van der Waals surface area (Å²) >= 11 is 0. The largest absolute Gasteiger partial charge is 0.492 e. The van der Waals surface area contributed by atoms with Gasteiger partial charge >= 0.3 is 7.12 Å². The Balaban J connectivity index is 2.06. The van der Waals surface area contributed by atoms with Crippen LogP contribution in [0.1, 0.15) is 37.7 Å². The second-order valence-corrected chi connectivity index (χ2v) is 4.61. The number of fused-ring (bicyclic) bond motifs is 2. The first-order valence-corrected chi connectivity index (χ1v) is 5.77. The van der Waals surface area contributed by atoms with E-state index in [1.54, 1.807) is 0 Å². The van der Waals surface area contributed by atoms with Crippen LogP contribution in [0.25, 0.3) is 0 Å². The fourth-order valence-electron chi connectivity index (χ4n) is 2.98. The van der Waals surface area contributed by atoms with Crippen molar-refractivity contribution >= 4 is 12.6 Å². The van der Waals surface area contributed by atoms with Crippen molar-refractivity contribution in [3.05, 3.63) is 29.8 Å². The Bertz CT molecular complexity index is 372. The number of hydrogen-bond acceptors (Lipinski definition) is 2. The van der Waals surface area contributed by atoms with Gasteiger partial charge in [0.15, 0.2) is 0 Å². The van der Waals surface area contributed by atoms with Crippen LogP contribution in [0.15, 0.2) is 24.3 Å². The minimum atomic E-state index is -0.709. The van der Waals surface area contributed by atoms with Gasteiger partial charge in [-0.1, -0.05) is 43.5 Å². The average molecular weight is 202 g/mol. The van der Waals surface area contributed by atoms with Crippen LogP contribution in [0.2, 0.25) is 0 Å². The topological polar surface area (TPSA) is 29.5 Å². The highest BCUT2D eigenvalue weighted by Crippen LogP contribution is 2.43. The van der Waals surface area contributed by atoms with Crippen LogP contribution in [-0.2, 0) is 10.3 Å². The summed E-state index contributed by atoms with van der Waals surface area (Å²) in [6.07, 6.45) is 5.83. The molecule has 1 fully saturated rings. The molecule has 2 aliphatic rings. The number of benzene rings is 1. The zero-order chi connectivity index (χ0) is 10.3. The van der Waals surface area contributed by atoms with Crippen LogP contribution in [-0.4, -0.2) is 12.1 Å². The van der Waals surface area contributed by atoms with Gasteiger partial charge in [-0.05, 0) is 23.9 Å². The molecule has 0 bridgehead atoms. The Hall–Kier alpha value is -0.795. The zero-order valence-corrected chi connectivity index (χ0v) is 8.78. The summed E-state index contributed by atoms with van der Waals surface area (Å²) < 4.78 is 5.82. The average Bonchev–Trinajstić information content (AvgIpc) is 2.55. The summed E-state index contributed by atoms with van der Waals surface area (Å²) in [4.78, 5) is 0. The molecule has 1 aromatic rings. The lowest BCUT2D eigenvalue weighted by Gasteiger charge is -2.34. The van der Waals surface area contributed by atoms with Crippen molar-refractivity contribution in [2.24, 2.45) is 0 Å². The zero-order valence-electron chi connectivity index (χ0n) is 8.78. The maximum Gasteiger partial charge on any atom is 0.492 e. The van der Waals surface area contributed by atoms with Crippen LogP contribution in [0, 0.1) is 0 Å². The van der Waals surface area contributed by atoms with Gasteiger partial charge in [-0.2, -0.15) is 0 Å². The molecule has 0 saturated heterocycles. The van der Waals surface area contributed by atoms with Crippen molar-refractivity contribution in [1.29, 1.82) is 0 Å². The molecule has 0 amide bonds. The van der Waals surface area contributed by atoms with Gasteiger partial charge in [0.25, 0.3) is 0 Å². The van der Waals surface area contributed by atoms with Crippen molar-refractivity contribution in [2.75, 3.05) is 0 Å². The van der Waals surface area contributed by atoms with Gasteiger partial charge in [0, 0.05) is 0 Å². The quantitative estimate of drug-likeness (QED) is 0.647. The maximum absolute atomic E-state index is 9.88. The maximum atomic E-state index is 9.88. The van der Waals surface area contributed by atoms with E-state index in [-0.39, 0.29) is 5.60 Å². The van der Waals surface area contributed by atoms with E-state index in [1.165, 1.54) is 24.8 Å². The molecule has 0 atom stereocenters. The van der Waals surface area contributed by atoms with E-state index in [9.17, 15) is 5.02 Å². The molecule has 1 heterocycles. The number of rotatable bonds is 0. The van der Waals surface area contributed by atoms with Gasteiger partial charge in [0.2, 0.25) is 0 Å². The molecule has 1 N–H and O–H groups in total. The van der Waals surface area contributed by atoms with Gasteiger partial charge < -0.3 is 9.68 Å². The highest BCUT2D eigenvalue weighted by molar-refractivity contribution is 6.61. The van der Waals surface area contributed by atoms with Crippen LogP contribution in [0.3, 0.4) is 0 Å². The first-order valence-electron chi connectivity index (χ1n) is 5.77. The molecule has 3 rings (SSSR count). The molecule has 2 nitrogen and oxygen atoms in total. The van der Waals surface area contributed by atoms with Gasteiger partial charge in [-0.3, -0.25) is 0 Å². The fraction of sp³-hybridized carbons (Fsp3) is 0.500. The van der Waals surface area contributed by atoms with E-state index in [2.05, 4.69) is 6.07 Å². The van der Waals surface area contributed by atoms with Crippen molar-refractivity contribution in [3.8, 4) is 0 Å². The molecular formula is C12H15BO2. The van der Waals surface area contributed by atoms with E-state index in [4.69, 9.17) is 4.65 Å². The van der Waals surface area contributed by atoms with Crippen LogP contribution in [0.5, 0.6) is 0 Å². The Kier molecular flexibility index (Phi) is 2.11. The van der Waals surface area contributed by atoms with Gasteiger partial charge in [0.1, 0.15) is 0 Å². The Morgan fingerprint density at radius 3 is 2.67 bits per heavy atom. The highest BCUT2D eigenvalue weighted by Gasteiger charge is 2.46. The summed E-state index contributed by atoms with van der Waals surface area (Å²) in [5.41, 5.74) is 2.02. The Labute approximate surface area is 90.4 Å². The fourth-order valence-corrected chi connectivity index (χ4v) is 2.98. The van der Waals surface area contributed by atoms with E-state index in [0.717, 1.165) is 18.3 Å². The smallest absolute Gasteiger partial charge is 0.423 e. The predicted molar refractivity (Wildman–Crippen MR) is 59.9 cm³/mol. The highest BCUT2D eigenvalue weighted by atomic mass is 16.5. The summed E-state index contributed by atoms with van der Waals surface area (Å²) in [6, 6.07) is 8.09. The van der Waals surface area contributed by atoms with Crippen LogP contribution >= 0.6 is 0 Å². The first-order chi connectivity index (χ1) is 7.32. The van der Waals surface area contributed by atoms with Crippen molar-refractivity contribution < 1.29 is 9.68 Å². The van der Waals surface area contributed by atoms with Crippen LogP contribution in [0.4, 0.5) is 0 Å². The molecule has 0 aromatic heterocycles. The molecule has 3 heteroatoms. The van der Waals surface area contributed by atoms with E-state index in [0.29, 0.717) is 0 Å². The third kappa shape index (κ3) is 1.34. The molecule has 1 aliphatic carbocycles. The van der Waals surface area contributed by atoms with Gasteiger partial charge in [-0.25, -0.2) is 0 Å². The minimum Gasteiger partial charge on any atom is -0.423 e. The lowest BCUT2D eigenvalue weighted by atomic mass is 9.75. The Morgan fingerprint density at radius 1 is 1.13 bits per heavy atom. The normalized spacial score (nSPS) is 23.1. The lowest BCUT2D eigenvalue weighted by Crippen LogP contribution is -2.31. The second kappa shape index (κ2) is 3.36. The molecule has 1 aliphatic heterocycles. The van der Waals surface area contributed by atoms with Crippen molar-refractivity contribution in [2.45, 2.75) is 37.7 Å². The SMILES string of the molecule is OB1OC2(CCCCC2)c2ccccc21. The third-order valence-electron chi connectivity index (χ3n) is 3.72. The van der Waals surface area contributed by atoms with Crippen molar-refractivity contribution in [1.82, 2.24) is 0 Å². The molecule has 1 saturated carbocycles. The van der Waals surface area contributed by atoms with E-state index in [1.807, 2.05) is 18.2 Å².